The largest absolute Gasteiger partial charge is 0.497 e. The molecule has 1 amide bonds. The van der Waals surface area contributed by atoms with E-state index in [1.165, 1.54) is 10.9 Å². The Balaban J connectivity index is 1.63. The SMILES string of the molecule is COc1ccc(CNC(=O)c2ccccc2-n2cnc3ccccc3c2=O)cc1. The van der Waals surface area contributed by atoms with Crippen LogP contribution in [0.1, 0.15) is 15.9 Å². The molecule has 0 unspecified atom stereocenters. The monoisotopic (exact) mass is 385 g/mol. The molecule has 0 saturated heterocycles. The third-order valence-corrected chi connectivity index (χ3v) is 4.69. The van der Waals surface area contributed by atoms with Crippen LogP contribution in [0.25, 0.3) is 16.6 Å². The molecule has 29 heavy (non-hydrogen) atoms. The van der Waals surface area contributed by atoms with Crippen molar-refractivity contribution in [3.05, 3.63) is 101 Å². The Morgan fingerprint density at radius 2 is 1.72 bits per heavy atom. The van der Waals surface area contributed by atoms with Crippen molar-refractivity contribution >= 4 is 16.8 Å². The normalized spacial score (nSPS) is 10.7. The number of aromatic nitrogens is 2. The van der Waals surface area contributed by atoms with Crippen molar-refractivity contribution in [2.75, 3.05) is 7.11 Å². The van der Waals surface area contributed by atoms with Crippen molar-refractivity contribution in [2.45, 2.75) is 6.54 Å². The second kappa shape index (κ2) is 7.98. The van der Waals surface area contributed by atoms with Crippen LogP contribution in [-0.4, -0.2) is 22.6 Å². The maximum atomic E-state index is 12.9. The number of hydrogen-bond acceptors (Lipinski definition) is 4. The van der Waals surface area contributed by atoms with Gasteiger partial charge < -0.3 is 10.1 Å². The smallest absolute Gasteiger partial charge is 0.265 e. The number of fused-ring (bicyclic) bond motifs is 1. The molecule has 6 nitrogen and oxygen atoms in total. The first-order chi connectivity index (χ1) is 14.2. The number of carbonyl (C=O) groups is 1. The first-order valence-electron chi connectivity index (χ1n) is 9.14. The van der Waals surface area contributed by atoms with Gasteiger partial charge in [0.15, 0.2) is 0 Å². The number of methoxy groups -OCH3 is 1. The summed E-state index contributed by atoms with van der Waals surface area (Å²) in [6.45, 7) is 0.363. The highest BCUT2D eigenvalue weighted by atomic mass is 16.5. The van der Waals surface area contributed by atoms with E-state index in [1.54, 1.807) is 49.6 Å². The van der Waals surface area contributed by atoms with Gasteiger partial charge in [0.1, 0.15) is 12.1 Å². The van der Waals surface area contributed by atoms with Gasteiger partial charge in [-0.1, -0.05) is 36.4 Å². The number of amides is 1. The molecule has 0 aliphatic carbocycles. The lowest BCUT2D eigenvalue weighted by Gasteiger charge is -2.12. The van der Waals surface area contributed by atoms with Gasteiger partial charge in [-0.05, 0) is 42.0 Å². The summed E-state index contributed by atoms with van der Waals surface area (Å²) in [5.74, 6) is 0.491. The average Bonchev–Trinajstić information content (AvgIpc) is 2.78. The van der Waals surface area contributed by atoms with Gasteiger partial charge in [-0.2, -0.15) is 0 Å². The predicted molar refractivity (Wildman–Crippen MR) is 112 cm³/mol. The molecule has 1 heterocycles. The van der Waals surface area contributed by atoms with Gasteiger partial charge in [0, 0.05) is 6.54 Å². The molecule has 4 aromatic rings. The molecule has 3 aromatic carbocycles. The summed E-state index contributed by atoms with van der Waals surface area (Å²) < 4.78 is 6.55. The molecule has 0 fully saturated rings. The zero-order chi connectivity index (χ0) is 20.2. The fourth-order valence-corrected chi connectivity index (χ4v) is 3.14. The molecule has 6 heteroatoms. The molecule has 4 rings (SSSR count). The summed E-state index contributed by atoms with van der Waals surface area (Å²) in [6, 6.07) is 21.6. The summed E-state index contributed by atoms with van der Waals surface area (Å²) in [5.41, 5.74) is 2.24. The summed E-state index contributed by atoms with van der Waals surface area (Å²) in [4.78, 5) is 30.1. The van der Waals surface area contributed by atoms with Gasteiger partial charge in [0.05, 0.1) is 29.3 Å². The van der Waals surface area contributed by atoms with E-state index in [2.05, 4.69) is 10.3 Å². The maximum absolute atomic E-state index is 12.9. The Morgan fingerprint density at radius 3 is 2.52 bits per heavy atom. The standard InChI is InChI=1S/C23H19N3O3/c1-29-17-12-10-16(11-13-17)14-24-22(27)19-7-3-5-9-21(19)26-15-25-20-8-4-2-6-18(20)23(26)28/h2-13,15H,14H2,1H3,(H,24,27). The number of nitrogens with one attached hydrogen (secondary N) is 1. The molecule has 0 aliphatic heterocycles. The molecule has 0 radical (unpaired) electrons. The zero-order valence-corrected chi connectivity index (χ0v) is 15.8. The molecule has 1 aromatic heterocycles. The minimum Gasteiger partial charge on any atom is -0.497 e. The van der Waals surface area contributed by atoms with Crippen molar-refractivity contribution in [2.24, 2.45) is 0 Å². The molecular weight excluding hydrogens is 366 g/mol. The molecule has 0 bridgehead atoms. The van der Waals surface area contributed by atoms with Crippen molar-refractivity contribution in [3.63, 3.8) is 0 Å². The quantitative estimate of drug-likeness (QED) is 0.572. The van der Waals surface area contributed by atoms with E-state index in [1.807, 2.05) is 30.3 Å². The van der Waals surface area contributed by atoms with Gasteiger partial charge in [-0.25, -0.2) is 4.98 Å². The van der Waals surface area contributed by atoms with Gasteiger partial charge in [0.2, 0.25) is 0 Å². The van der Waals surface area contributed by atoms with Gasteiger partial charge >= 0.3 is 0 Å². The number of carbonyl (C=O) groups excluding carboxylic acids is 1. The first kappa shape index (κ1) is 18.4. The van der Waals surface area contributed by atoms with Crippen molar-refractivity contribution < 1.29 is 9.53 Å². The van der Waals surface area contributed by atoms with Crippen LogP contribution < -0.4 is 15.6 Å². The lowest BCUT2D eigenvalue weighted by atomic mass is 10.1. The minimum atomic E-state index is -0.267. The zero-order valence-electron chi connectivity index (χ0n) is 15.8. The van der Waals surface area contributed by atoms with E-state index in [9.17, 15) is 9.59 Å². The fraction of sp³-hybridized carbons (Fsp3) is 0.0870. The Kier molecular flexibility index (Phi) is 5.07. The van der Waals surface area contributed by atoms with Crippen molar-refractivity contribution in [1.82, 2.24) is 14.9 Å². The van der Waals surface area contributed by atoms with Gasteiger partial charge in [-0.15, -0.1) is 0 Å². The van der Waals surface area contributed by atoms with Crippen LogP contribution in [0.2, 0.25) is 0 Å². The van der Waals surface area contributed by atoms with Crippen LogP contribution in [0.4, 0.5) is 0 Å². The number of ether oxygens (including phenoxy) is 1. The minimum absolute atomic E-state index is 0.217. The van der Waals surface area contributed by atoms with Gasteiger partial charge in [-0.3, -0.25) is 14.2 Å². The molecule has 0 atom stereocenters. The maximum Gasteiger partial charge on any atom is 0.265 e. The van der Waals surface area contributed by atoms with E-state index in [0.717, 1.165) is 11.3 Å². The van der Waals surface area contributed by atoms with E-state index in [4.69, 9.17) is 4.74 Å². The predicted octanol–water partition coefficient (Wildman–Crippen LogP) is 3.32. The highest BCUT2D eigenvalue weighted by molar-refractivity contribution is 5.97. The molecule has 0 spiro atoms. The molecule has 1 N–H and O–H groups in total. The summed E-state index contributed by atoms with van der Waals surface area (Å²) in [7, 11) is 1.61. The Hall–Kier alpha value is -3.93. The highest BCUT2D eigenvalue weighted by Gasteiger charge is 2.14. The summed E-state index contributed by atoms with van der Waals surface area (Å²) in [5, 5.41) is 3.41. The highest BCUT2D eigenvalue weighted by Crippen LogP contribution is 2.15. The van der Waals surface area contributed by atoms with Crippen LogP contribution in [0.5, 0.6) is 5.75 Å². The van der Waals surface area contributed by atoms with Gasteiger partial charge in [0.25, 0.3) is 11.5 Å². The number of benzene rings is 3. The summed E-state index contributed by atoms with van der Waals surface area (Å²) in [6.07, 6.45) is 1.46. The second-order valence-corrected chi connectivity index (χ2v) is 6.48. The molecule has 0 aliphatic rings. The van der Waals surface area contributed by atoms with Crippen LogP contribution in [-0.2, 0) is 6.54 Å². The fourth-order valence-electron chi connectivity index (χ4n) is 3.14. The topological polar surface area (TPSA) is 73.2 Å². The first-order valence-corrected chi connectivity index (χ1v) is 9.14. The van der Waals surface area contributed by atoms with Crippen LogP contribution >= 0.6 is 0 Å². The Morgan fingerprint density at radius 1 is 1.00 bits per heavy atom. The third-order valence-electron chi connectivity index (χ3n) is 4.69. The van der Waals surface area contributed by atoms with E-state index in [-0.39, 0.29) is 11.5 Å². The number of nitrogens with zero attached hydrogens (tertiary/aromatic N) is 2. The molecule has 0 saturated carbocycles. The lowest BCUT2D eigenvalue weighted by Crippen LogP contribution is -2.26. The Labute approximate surface area is 167 Å². The van der Waals surface area contributed by atoms with Crippen LogP contribution in [0.15, 0.2) is 83.9 Å². The third kappa shape index (κ3) is 3.73. The van der Waals surface area contributed by atoms with E-state index < -0.39 is 0 Å². The van der Waals surface area contributed by atoms with E-state index >= 15 is 0 Å². The number of rotatable bonds is 5. The van der Waals surface area contributed by atoms with E-state index in [0.29, 0.717) is 28.7 Å². The second-order valence-electron chi connectivity index (χ2n) is 6.48. The van der Waals surface area contributed by atoms with Crippen LogP contribution in [0, 0.1) is 0 Å². The number of hydrogen-bond donors (Lipinski definition) is 1. The van der Waals surface area contributed by atoms with Crippen molar-refractivity contribution in [1.29, 1.82) is 0 Å². The van der Waals surface area contributed by atoms with Crippen LogP contribution in [0.3, 0.4) is 0 Å². The Bertz CT molecular complexity index is 1230. The number of para-hydroxylation sites is 2. The molecule has 144 valence electrons. The van der Waals surface area contributed by atoms with Crippen molar-refractivity contribution in [3.8, 4) is 11.4 Å². The lowest BCUT2D eigenvalue weighted by molar-refractivity contribution is 0.0951. The average molecular weight is 385 g/mol. The summed E-state index contributed by atoms with van der Waals surface area (Å²) >= 11 is 0. The molecular formula is C23H19N3O3.